The molecule has 7 heteroatoms. The van der Waals surface area contributed by atoms with Gasteiger partial charge in [-0.25, -0.2) is 0 Å². The molecule has 0 bridgehead atoms. The molecule has 19 heavy (non-hydrogen) atoms. The van der Waals surface area contributed by atoms with E-state index in [-0.39, 0.29) is 0 Å². The molecule has 1 rings (SSSR count). The standard InChI is InChI=1S/C12H36OSi6/c1-14(2)13-15(3,4)17(7,8)19(11,12)18(9,10)16(14,5)6/h1-12H3. The van der Waals surface area contributed by atoms with E-state index in [9.17, 15) is 0 Å². The van der Waals surface area contributed by atoms with E-state index >= 15 is 0 Å². The minimum absolute atomic E-state index is 1.14. The van der Waals surface area contributed by atoms with Crippen molar-refractivity contribution in [1.82, 2.24) is 0 Å². The zero-order valence-corrected chi connectivity index (χ0v) is 21.4. The van der Waals surface area contributed by atoms with E-state index < -0.39 is 44.1 Å². The molecule has 0 aliphatic carbocycles. The fourth-order valence-electron chi connectivity index (χ4n) is 3.96. The van der Waals surface area contributed by atoms with Gasteiger partial charge < -0.3 is 4.12 Å². The molecule has 0 N–H and O–H groups in total. The Morgan fingerprint density at radius 1 is 0.368 bits per heavy atom. The molecule has 0 atom stereocenters. The largest absolute Gasteiger partial charge is 0.460 e. The molecule has 1 nitrogen and oxygen atoms in total. The van der Waals surface area contributed by atoms with Crippen LogP contribution in [0.3, 0.4) is 0 Å². The van der Waals surface area contributed by atoms with E-state index in [4.69, 9.17) is 4.12 Å². The molecule has 114 valence electrons. The van der Waals surface area contributed by atoms with E-state index in [2.05, 4.69) is 78.6 Å². The summed E-state index contributed by atoms with van der Waals surface area (Å²) in [5.74, 6) is 0. The lowest BCUT2D eigenvalue weighted by molar-refractivity contribution is 0.583. The first-order valence-corrected chi connectivity index (χ1v) is 30.5. The molecule has 0 spiro atoms. The van der Waals surface area contributed by atoms with Gasteiger partial charge >= 0.3 is 0 Å². The fraction of sp³-hybridized carbons (Fsp3) is 1.00. The van der Waals surface area contributed by atoms with Crippen LogP contribution in [0.5, 0.6) is 0 Å². The van der Waals surface area contributed by atoms with Gasteiger partial charge in [-0.05, 0) is 26.2 Å². The van der Waals surface area contributed by atoms with Gasteiger partial charge in [0.15, 0.2) is 15.7 Å². The quantitative estimate of drug-likeness (QED) is 0.568. The lowest BCUT2D eigenvalue weighted by atomic mass is 11.9. The third kappa shape index (κ3) is 2.10. The molecule has 1 heterocycles. The lowest BCUT2D eigenvalue weighted by Crippen LogP contribution is -2.84. The van der Waals surface area contributed by atoms with Crippen molar-refractivity contribution in [2.45, 2.75) is 78.6 Å². The highest BCUT2D eigenvalue weighted by Crippen LogP contribution is 2.46. The van der Waals surface area contributed by atoms with Crippen LogP contribution in [-0.2, 0) is 4.12 Å². The van der Waals surface area contributed by atoms with Crippen LogP contribution in [0.15, 0.2) is 0 Å². The topological polar surface area (TPSA) is 9.23 Å². The summed E-state index contributed by atoms with van der Waals surface area (Å²) in [5, 5.41) is 0. The average Bonchev–Trinajstić information content (AvgIpc) is 2.14. The first-order valence-electron chi connectivity index (χ1n) is 7.66. The second kappa shape index (κ2) is 4.39. The minimum Gasteiger partial charge on any atom is -0.460 e. The van der Waals surface area contributed by atoms with Gasteiger partial charge in [0, 0.05) is 14.2 Å². The van der Waals surface area contributed by atoms with Gasteiger partial charge in [-0.3, -0.25) is 0 Å². The maximum Gasteiger partial charge on any atom is 0.157 e. The predicted molar refractivity (Wildman–Crippen MR) is 106 cm³/mol. The van der Waals surface area contributed by atoms with Crippen LogP contribution in [0.4, 0.5) is 0 Å². The maximum atomic E-state index is 7.16. The van der Waals surface area contributed by atoms with Crippen LogP contribution >= 0.6 is 0 Å². The molecule has 1 saturated heterocycles. The molecule has 0 amide bonds. The molecule has 0 unspecified atom stereocenters. The van der Waals surface area contributed by atoms with E-state index in [1.165, 1.54) is 0 Å². The summed E-state index contributed by atoms with van der Waals surface area (Å²) in [6.07, 6.45) is 0. The van der Waals surface area contributed by atoms with E-state index in [1.807, 2.05) is 0 Å². The molecule has 0 aromatic carbocycles. The van der Waals surface area contributed by atoms with Gasteiger partial charge in [0.05, 0.1) is 14.2 Å². The summed E-state index contributed by atoms with van der Waals surface area (Å²) in [7, 11) is -7.70. The number of hydrogen-bond donors (Lipinski definition) is 0. The van der Waals surface area contributed by atoms with E-state index in [0.717, 1.165) is 0 Å². The van der Waals surface area contributed by atoms with Crippen molar-refractivity contribution in [3.05, 3.63) is 0 Å². The van der Waals surface area contributed by atoms with Crippen molar-refractivity contribution < 1.29 is 4.12 Å². The highest BCUT2D eigenvalue weighted by atomic mass is 30.0. The van der Waals surface area contributed by atoms with E-state index in [0.29, 0.717) is 0 Å². The molecule has 0 radical (unpaired) electrons. The smallest absolute Gasteiger partial charge is 0.157 e. The van der Waals surface area contributed by atoms with Gasteiger partial charge in [-0.2, -0.15) is 0 Å². The SMILES string of the molecule is C[Si]1(C)O[Si](C)(C)[Si](C)(C)[Si](C)(C)[Si](C)(C)[Si]1(C)C. The summed E-state index contributed by atoms with van der Waals surface area (Å²) in [5.41, 5.74) is 0. The third-order valence-corrected chi connectivity index (χ3v) is 127. The van der Waals surface area contributed by atoms with Crippen molar-refractivity contribution in [3.8, 4) is 0 Å². The van der Waals surface area contributed by atoms with Crippen molar-refractivity contribution >= 4 is 44.1 Å². The Labute approximate surface area is 126 Å². The zero-order chi connectivity index (χ0) is 15.7. The minimum atomic E-state index is -1.49. The third-order valence-electron chi connectivity index (χ3n) is 8.21. The Hall–Kier alpha value is 1.26. The highest BCUT2D eigenvalue weighted by molar-refractivity contribution is 7.98. The molecular formula is C12H36OSi6. The summed E-state index contributed by atoms with van der Waals surface area (Å²) >= 11 is 0. The summed E-state index contributed by atoms with van der Waals surface area (Å²) in [6.45, 7) is 32.2. The summed E-state index contributed by atoms with van der Waals surface area (Å²) in [6, 6.07) is 0. The van der Waals surface area contributed by atoms with Crippen LogP contribution < -0.4 is 0 Å². The molecular weight excluding hydrogens is 329 g/mol. The predicted octanol–water partition coefficient (Wildman–Crippen LogP) is 4.65. The Balaban J connectivity index is 3.70. The highest BCUT2D eigenvalue weighted by Gasteiger charge is 2.71. The van der Waals surface area contributed by atoms with Crippen LogP contribution in [0.1, 0.15) is 0 Å². The van der Waals surface area contributed by atoms with Crippen LogP contribution in [0.2, 0.25) is 78.6 Å². The second-order valence-electron chi connectivity index (χ2n) is 9.62. The number of rotatable bonds is 0. The molecule has 1 aliphatic rings. The van der Waals surface area contributed by atoms with Gasteiger partial charge in [-0.15, -0.1) is 0 Å². The average molecular weight is 365 g/mol. The molecule has 0 aromatic heterocycles. The number of hydrogen-bond acceptors (Lipinski definition) is 1. The molecule has 1 aliphatic heterocycles. The molecule has 0 saturated carbocycles. The first kappa shape index (κ1) is 18.3. The Kier molecular flexibility index (Phi) is 4.23. The van der Waals surface area contributed by atoms with Crippen LogP contribution in [0.25, 0.3) is 0 Å². The lowest BCUT2D eigenvalue weighted by Gasteiger charge is -2.55. The van der Waals surface area contributed by atoms with Crippen molar-refractivity contribution in [2.24, 2.45) is 0 Å². The van der Waals surface area contributed by atoms with E-state index in [1.54, 1.807) is 0 Å². The summed E-state index contributed by atoms with van der Waals surface area (Å²) < 4.78 is 7.16. The maximum absolute atomic E-state index is 7.16. The van der Waals surface area contributed by atoms with Crippen LogP contribution in [0, 0.1) is 0 Å². The second-order valence-corrected chi connectivity index (χ2v) is 72.7. The Morgan fingerprint density at radius 2 is 0.579 bits per heavy atom. The Bertz CT molecular complexity index is 348. The first-order chi connectivity index (χ1) is 7.96. The van der Waals surface area contributed by atoms with Crippen molar-refractivity contribution in [2.75, 3.05) is 0 Å². The van der Waals surface area contributed by atoms with Gasteiger partial charge in [0.1, 0.15) is 0 Å². The van der Waals surface area contributed by atoms with Crippen molar-refractivity contribution in [3.63, 3.8) is 0 Å². The Morgan fingerprint density at radius 3 is 0.789 bits per heavy atom. The normalized spacial score (nSPS) is 33.5. The van der Waals surface area contributed by atoms with Gasteiger partial charge in [-0.1, -0.05) is 52.4 Å². The molecule has 0 aromatic rings. The fourth-order valence-corrected chi connectivity index (χ4v) is 160. The van der Waals surface area contributed by atoms with Gasteiger partial charge in [0.2, 0.25) is 0 Å². The van der Waals surface area contributed by atoms with Crippen LogP contribution in [-0.4, -0.2) is 44.1 Å². The monoisotopic (exact) mass is 364 g/mol. The molecule has 1 fully saturated rings. The van der Waals surface area contributed by atoms with Crippen molar-refractivity contribution in [1.29, 1.82) is 0 Å². The van der Waals surface area contributed by atoms with Gasteiger partial charge in [0.25, 0.3) is 0 Å². The summed E-state index contributed by atoms with van der Waals surface area (Å²) in [4.78, 5) is 0. The zero-order valence-electron chi connectivity index (χ0n) is 15.4.